The first-order valence-electron chi connectivity index (χ1n) is 12.1. The zero-order valence-corrected chi connectivity index (χ0v) is 20.8. The topological polar surface area (TPSA) is 121 Å². The number of nitro groups is 1. The summed E-state index contributed by atoms with van der Waals surface area (Å²) in [6.07, 6.45) is -2.71. The highest BCUT2D eigenvalue weighted by Gasteiger charge is 2.41. The minimum absolute atomic E-state index is 0.167. The van der Waals surface area contributed by atoms with Crippen molar-refractivity contribution in [3.63, 3.8) is 0 Å². The van der Waals surface area contributed by atoms with E-state index < -0.39 is 21.5 Å². The van der Waals surface area contributed by atoms with Crippen LogP contribution in [0.2, 0.25) is 0 Å². The van der Waals surface area contributed by atoms with Gasteiger partial charge in [0.2, 0.25) is 0 Å². The molecule has 1 atom stereocenters. The summed E-state index contributed by atoms with van der Waals surface area (Å²) in [5, 5.41) is 24.3. The molecule has 1 fully saturated rings. The minimum Gasteiger partial charge on any atom is -0.627 e. The Morgan fingerprint density at radius 2 is 1.72 bits per heavy atom. The van der Waals surface area contributed by atoms with Gasteiger partial charge in [-0.1, -0.05) is 0 Å². The summed E-state index contributed by atoms with van der Waals surface area (Å²) in [7, 11) is 0. The maximum Gasteiger partial charge on any atom is 0.573 e. The molecule has 0 aliphatic carbocycles. The van der Waals surface area contributed by atoms with Crippen LogP contribution in [0.4, 0.5) is 24.7 Å². The quantitative estimate of drug-likeness (QED) is 0.167. The van der Waals surface area contributed by atoms with Gasteiger partial charge in [-0.05, 0) is 48.2 Å². The van der Waals surface area contributed by atoms with E-state index in [1.807, 2.05) is 6.92 Å². The number of aromatic nitrogens is 2. The Morgan fingerprint density at radius 3 is 2.31 bits per heavy atom. The molecule has 1 aromatic heterocycles. The molecule has 0 saturated carbocycles. The molecule has 11 nitrogen and oxygen atoms in total. The number of ether oxygens (including phenoxy) is 4. The van der Waals surface area contributed by atoms with Crippen molar-refractivity contribution in [3.05, 3.63) is 70.0 Å². The fraction of sp³-hybridized carbons (Fsp3) is 0.400. The van der Waals surface area contributed by atoms with E-state index >= 15 is 0 Å². The number of nitrogens with zero attached hydrogens (tertiary/aromatic N) is 4. The van der Waals surface area contributed by atoms with Gasteiger partial charge in [0.15, 0.2) is 5.60 Å². The van der Waals surface area contributed by atoms with Crippen LogP contribution in [0.5, 0.6) is 23.3 Å². The largest absolute Gasteiger partial charge is 0.627 e. The molecule has 5 rings (SSSR count). The van der Waals surface area contributed by atoms with E-state index in [0.717, 1.165) is 0 Å². The lowest BCUT2D eigenvalue weighted by atomic mass is 10.1. The standard InChI is InChI=1S/C25H25F3N4O7/c1-24(15-30-14-22(31(33)34)29-23(30)39-24)16-36-18-4-2-17(3-5-18)32(35)12-10-20(11-13-32)37-19-6-8-21(9-7-19)38-25(26,27)28/h2-9,14,20H,10-13,15-16H2,1H3/t20?,24-,32?/m1/s1. The Balaban J connectivity index is 1.11. The highest BCUT2D eigenvalue weighted by atomic mass is 19.4. The minimum atomic E-state index is -4.76. The second kappa shape index (κ2) is 9.93. The molecule has 2 aliphatic rings. The molecule has 1 saturated heterocycles. The van der Waals surface area contributed by atoms with E-state index in [2.05, 4.69) is 9.72 Å². The number of imidazole rings is 1. The maximum atomic E-state index is 13.4. The average Bonchev–Trinajstić information content (AvgIpc) is 3.41. The van der Waals surface area contributed by atoms with Crippen LogP contribution in [0, 0.1) is 15.3 Å². The van der Waals surface area contributed by atoms with Gasteiger partial charge in [0.05, 0.1) is 19.6 Å². The number of piperidine rings is 1. The number of fused-ring (bicyclic) bond motifs is 1. The Kier molecular flexibility index (Phi) is 6.76. The molecule has 39 heavy (non-hydrogen) atoms. The predicted octanol–water partition coefficient (Wildman–Crippen LogP) is 4.97. The lowest BCUT2D eigenvalue weighted by molar-refractivity contribution is -0.389. The third-order valence-electron chi connectivity index (χ3n) is 6.59. The van der Waals surface area contributed by atoms with Crippen LogP contribution < -0.4 is 23.6 Å². The molecular formula is C25H25F3N4O7. The SMILES string of the molecule is C[C@]1(COc2ccc([N+]3([O-])CCC(Oc4ccc(OC(F)(F)F)cc4)CC3)cc2)Cn2cc([N+](=O)[O-])nc2O1. The molecule has 0 unspecified atom stereocenters. The lowest BCUT2D eigenvalue weighted by Crippen LogP contribution is -2.51. The summed E-state index contributed by atoms with van der Waals surface area (Å²) in [5.74, 6) is 0.345. The van der Waals surface area contributed by atoms with Crippen molar-refractivity contribution in [2.24, 2.45) is 0 Å². The third kappa shape index (κ3) is 6.17. The van der Waals surface area contributed by atoms with Crippen LogP contribution in [0.15, 0.2) is 54.7 Å². The van der Waals surface area contributed by atoms with E-state index in [4.69, 9.17) is 14.2 Å². The Morgan fingerprint density at radius 1 is 1.10 bits per heavy atom. The van der Waals surface area contributed by atoms with Gasteiger partial charge >= 0.3 is 18.2 Å². The molecular weight excluding hydrogens is 525 g/mol. The molecule has 208 valence electrons. The number of hydroxylamine groups is 2. The van der Waals surface area contributed by atoms with Crippen molar-refractivity contribution < 1.29 is 37.0 Å². The second-order valence-electron chi connectivity index (χ2n) is 9.77. The molecule has 2 aliphatic heterocycles. The fourth-order valence-electron chi connectivity index (χ4n) is 4.66. The van der Waals surface area contributed by atoms with Crippen LogP contribution in [0.25, 0.3) is 0 Å². The summed E-state index contributed by atoms with van der Waals surface area (Å²) in [6.45, 7) is 2.89. The molecule has 0 N–H and O–H groups in total. The van der Waals surface area contributed by atoms with Crippen LogP contribution >= 0.6 is 0 Å². The van der Waals surface area contributed by atoms with Crippen molar-refractivity contribution in [1.82, 2.24) is 14.2 Å². The highest BCUT2D eigenvalue weighted by Crippen LogP contribution is 2.34. The van der Waals surface area contributed by atoms with Crippen molar-refractivity contribution in [2.45, 2.75) is 44.4 Å². The van der Waals surface area contributed by atoms with Gasteiger partial charge in [0.25, 0.3) is 0 Å². The number of rotatable bonds is 8. The summed E-state index contributed by atoms with van der Waals surface area (Å²) < 4.78 is 59.3. The van der Waals surface area contributed by atoms with Gasteiger partial charge in [-0.25, -0.2) is 0 Å². The van der Waals surface area contributed by atoms with Crippen molar-refractivity contribution >= 4 is 11.5 Å². The van der Waals surface area contributed by atoms with E-state index in [-0.39, 0.29) is 43.4 Å². The van der Waals surface area contributed by atoms with Crippen LogP contribution in [-0.4, -0.2) is 52.2 Å². The van der Waals surface area contributed by atoms with Crippen molar-refractivity contribution in [2.75, 3.05) is 19.7 Å². The van der Waals surface area contributed by atoms with Crippen molar-refractivity contribution in [1.29, 1.82) is 0 Å². The monoisotopic (exact) mass is 550 g/mol. The third-order valence-corrected chi connectivity index (χ3v) is 6.59. The highest BCUT2D eigenvalue weighted by molar-refractivity contribution is 5.47. The lowest BCUT2D eigenvalue weighted by Gasteiger charge is -2.46. The Hall–Kier alpha value is -4.04. The van der Waals surface area contributed by atoms with Gasteiger partial charge in [0, 0.05) is 30.0 Å². The number of halogens is 3. The maximum absolute atomic E-state index is 13.4. The van der Waals surface area contributed by atoms with E-state index in [1.54, 1.807) is 28.8 Å². The molecule has 3 aromatic rings. The van der Waals surface area contributed by atoms with Crippen molar-refractivity contribution in [3.8, 4) is 23.3 Å². The van der Waals surface area contributed by atoms with Gasteiger partial charge in [0.1, 0.15) is 41.8 Å². The zero-order valence-electron chi connectivity index (χ0n) is 20.8. The first kappa shape index (κ1) is 26.6. The first-order chi connectivity index (χ1) is 18.4. The Bertz CT molecular complexity index is 1300. The zero-order chi connectivity index (χ0) is 27.8. The normalized spacial score (nSPS) is 24.5. The van der Waals surface area contributed by atoms with Crippen LogP contribution in [0.1, 0.15) is 19.8 Å². The number of hydrogen-bond acceptors (Lipinski definition) is 8. The van der Waals surface area contributed by atoms with E-state index in [1.165, 1.54) is 30.5 Å². The number of alkyl halides is 3. The molecule has 14 heteroatoms. The molecule has 0 amide bonds. The number of hydrogen-bond donors (Lipinski definition) is 0. The average molecular weight is 550 g/mol. The second-order valence-corrected chi connectivity index (χ2v) is 9.77. The number of benzene rings is 2. The van der Waals surface area contributed by atoms with E-state index in [0.29, 0.717) is 36.6 Å². The van der Waals surface area contributed by atoms with Gasteiger partial charge < -0.3 is 38.9 Å². The van der Waals surface area contributed by atoms with Gasteiger partial charge in [-0.3, -0.25) is 4.57 Å². The van der Waals surface area contributed by atoms with Gasteiger partial charge in [-0.15, -0.1) is 13.2 Å². The smallest absolute Gasteiger partial charge is 0.573 e. The molecule has 0 spiro atoms. The first-order valence-corrected chi connectivity index (χ1v) is 12.1. The molecule has 0 radical (unpaired) electrons. The van der Waals surface area contributed by atoms with Crippen LogP contribution in [-0.2, 0) is 6.54 Å². The number of quaternary nitrogens is 1. The summed E-state index contributed by atoms with van der Waals surface area (Å²) in [5.41, 5.74) is -0.180. The van der Waals surface area contributed by atoms with E-state index in [9.17, 15) is 28.5 Å². The molecule has 0 bridgehead atoms. The van der Waals surface area contributed by atoms with Gasteiger partial charge in [-0.2, -0.15) is 0 Å². The molecule has 2 aromatic carbocycles. The summed E-state index contributed by atoms with van der Waals surface area (Å²) in [4.78, 5) is 14.1. The summed E-state index contributed by atoms with van der Waals surface area (Å²) in [6, 6.07) is 12.2. The summed E-state index contributed by atoms with van der Waals surface area (Å²) >= 11 is 0. The fourth-order valence-corrected chi connectivity index (χ4v) is 4.66. The molecule has 3 heterocycles. The van der Waals surface area contributed by atoms with Crippen LogP contribution in [0.3, 0.4) is 0 Å². The predicted molar refractivity (Wildman–Crippen MR) is 132 cm³/mol. The Labute approximate surface area is 220 Å².